The first-order chi connectivity index (χ1) is 5.33. The highest BCUT2D eigenvalue weighted by Gasteiger charge is 2.19. The molecule has 1 unspecified atom stereocenters. The highest BCUT2D eigenvalue weighted by atomic mass is 14.9. The summed E-state index contributed by atoms with van der Waals surface area (Å²) in [6.07, 6.45) is 10.8. The van der Waals surface area contributed by atoms with Gasteiger partial charge >= 0.3 is 0 Å². The zero-order valence-corrected chi connectivity index (χ0v) is 7.27. The molecule has 1 N–H and O–H groups in total. The van der Waals surface area contributed by atoms with Crippen molar-refractivity contribution < 1.29 is 0 Å². The molecule has 1 aliphatic rings. The summed E-state index contributed by atoms with van der Waals surface area (Å²) in [7, 11) is 0. The Balaban J connectivity index is 2.01. The second kappa shape index (κ2) is 4.41. The van der Waals surface area contributed by atoms with E-state index in [-0.39, 0.29) is 0 Å². The van der Waals surface area contributed by atoms with Gasteiger partial charge in [0.15, 0.2) is 0 Å². The minimum atomic E-state index is 0.608. The van der Waals surface area contributed by atoms with E-state index in [2.05, 4.69) is 18.2 Å². The summed E-state index contributed by atoms with van der Waals surface area (Å²) in [4.78, 5) is 0. The molecule has 1 fully saturated rings. The molecule has 0 aromatic carbocycles. The average Bonchev–Trinajstić information content (AvgIpc) is 1.93. The molecule has 0 spiro atoms. The number of terminal acetylenes is 1. The van der Waals surface area contributed by atoms with Gasteiger partial charge in [-0.1, -0.05) is 25.2 Å². The molecule has 0 aliphatic heterocycles. The van der Waals surface area contributed by atoms with Gasteiger partial charge in [-0.2, -0.15) is 0 Å². The van der Waals surface area contributed by atoms with Crippen LogP contribution in [0.5, 0.6) is 0 Å². The Bertz CT molecular complexity index is 141. The molecule has 1 saturated carbocycles. The first kappa shape index (κ1) is 8.62. The van der Waals surface area contributed by atoms with Gasteiger partial charge in [0, 0.05) is 6.04 Å². The maximum Gasteiger partial charge on any atom is 0.0575 e. The Morgan fingerprint density at radius 3 is 2.82 bits per heavy atom. The fraction of sp³-hybridized carbons (Fsp3) is 0.800. The summed E-state index contributed by atoms with van der Waals surface area (Å²) in [5.41, 5.74) is 0. The zero-order valence-electron chi connectivity index (χ0n) is 7.27. The second-order valence-electron chi connectivity index (χ2n) is 3.52. The highest BCUT2D eigenvalue weighted by Crippen LogP contribution is 2.30. The van der Waals surface area contributed by atoms with E-state index >= 15 is 0 Å². The lowest BCUT2D eigenvalue weighted by molar-refractivity contribution is 0.269. The molecule has 1 rings (SSSR count). The van der Waals surface area contributed by atoms with Crippen LogP contribution in [0.4, 0.5) is 0 Å². The summed E-state index contributed by atoms with van der Waals surface area (Å²) < 4.78 is 0. The van der Waals surface area contributed by atoms with Crippen molar-refractivity contribution in [3.8, 4) is 12.3 Å². The minimum Gasteiger partial charge on any atom is -0.304 e. The predicted octanol–water partition coefficient (Wildman–Crippen LogP) is 1.79. The largest absolute Gasteiger partial charge is 0.304 e. The molecule has 62 valence electrons. The molecule has 0 radical (unpaired) electrons. The van der Waals surface area contributed by atoms with E-state index < -0.39 is 0 Å². The van der Waals surface area contributed by atoms with Crippen LogP contribution < -0.4 is 5.32 Å². The molecule has 11 heavy (non-hydrogen) atoms. The molecular formula is C10H17N. The summed E-state index contributed by atoms with van der Waals surface area (Å²) in [6, 6.07) is 0.608. The maximum atomic E-state index is 5.14. The third kappa shape index (κ3) is 2.95. The Hall–Kier alpha value is -0.480. The van der Waals surface area contributed by atoms with Gasteiger partial charge in [0.1, 0.15) is 0 Å². The summed E-state index contributed by atoms with van der Waals surface area (Å²) in [5.74, 6) is 3.58. The van der Waals surface area contributed by atoms with Crippen molar-refractivity contribution in [1.29, 1.82) is 0 Å². The van der Waals surface area contributed by atoms with Gasteiger partial charge in [0.05, 0.1) is 6.54 Å². The van der Waals surface area contributed by atoms with Crippen molar-refractivity contribution in [1.82, 2.24) is 5.32 Å². The van der Waals surface area contributed by atoms with E-state index in [1.807, 2.05) is 0 Å². The van der Waals surface area contributed by atoms with Gasteiger partial charge in [-0.05, 0) is 19.3 Å². The number of hydrogen-bond acceptors (Lipinski definition) is 1. The van der Waals surface area contributed by atoms with Gasteiger partial charge < -0.3 is 5.32 Å². The fourth-order valence-electron chi connectivity index (χ4n) is 1.54. The van der Waals surface area contributed by atoms with Crippen LogP contribution in [0.1, 0.15) is 32.6 Å². The Labute approximate surface area is 69.6 Å². The molecule has 1 nitrogen and oxygen atoms in total. The van der Waals surface area contributed by atoms with Crippen LogP contribution in [0.15, 0.2) is 0 Å². The summed E-state index contributed by atoms with van der Waals surface area (Å²) >= 11 is 0. The maximum absolute atomic E-state index is 5.14. The Kier molecular flexibility index (Phi) is 3.45. The lowest BCUT2D eigenvalue weighted by Crippen LogP contribution is -2.30. The van der Waals surface area contributed by atoms with Crippen LogP contribution in [-0.2, 0) is 0 Å². The van der Waals surface area contributed by atoms with Crippen molar-refractivity contribution in [2.24, 2.45) is 5.92 Å². The molecule has 0 saturated heterocycles. The Morgan fingerprint density at radius 2 is 2.36 bits per heavy atom. The van der Waals surface area contributed by atoms with E-state index in [9.17, 15) is 0 Å². The monoisotopic (exact) mass is 151 g/mol. The molecule has 0 aromatic heterocycles. The SMILES string of the molecule is C#CCNC(C)CC1CCC1. The van der Waals surface area contributed by atoms with E-state index in [0.717, 1.165) is 5.92 Å². The first-order valence-electron chi connectivity index (χ1n) is 4.49. The minimum absolute atomic E-state index is 0.608. The van der Waals surface area contributed by atoms with Crippen LogP contribution in [0, 0.1) is 18.3 Å². The van der Waals surface area contributed by atoms with Crippen LogP contribution >= 0.6 is 0 Å². The average molecular weight is 151 g/mol. The molecule has 0 bridgehead atoms. The summed E-state index contributed by atoms with van der Waals surface area (Å²) in [5, 5.41) is 3.30. The quantitative estimate of drug-likeness (QED) is 0.604. The van der Waals surface area contributed by atoms with Crippen LogP contribution in [0.2, 0.25) is 0 Å². The smallest absolute Gasteiger partial charge is 0.0575 e. The zero-order chi connectivity index (χ0) is 8.10. The van der Waals surface area contributed by atoms with Gasteiger partial charge in [0.25, 0.3) is 0 Å². The lowest BCUT2D eigenvalue weighted by Gasteiger charge is -2.28. The van der Waals surface area contributed by atoms with Crippen LogP contribution in [0.3, 0.4) is 0 Å². The third-order valence-corrected chi connectivity index (χ3v) is 2.46. The number of rotatable bonds is 4. The van der Waals surface area contributed by atoms with Crippen molar-refractivity contribution in [2.75, 3.05) is 6.54 Å². The molecule has 0 amide bonds. The molecule has 0 heterocycles. The van der Waals surface area contributed by atoms with Crippen LogP contribution in [0.25, 0.3) is 0 Å². The standard InChI is InChI=1S/C10H17N/c1-3-7-11-9(2)8-10-5-4-6-10/h1,9-11H,4-8H2,2H3. The van der Waals surface area contributed by atoms with Crippen LogP contribution in [-0.4, -0.2) is 12.6 Å². The Morgan fingerprint density at radius 1 is 1.64 bits per heavy atom. The van der Waals surface area contributed by atoms with Crippen molar-refractivity contribution >= 4 is 0 Å². The van der Waals surface area contributed by atoms with E-state index in [1.54, 1.807) is 0 Å². The molecule has 1 atom stereocenters. The highest BCUT2D eigenvalue weighted by molar-refractivity contribution is 4.88. The number of hydrogen-bond donors (Lipinski definition) is 1. The van der Waals surface area contributed by atoms with Crippen molar-refractivity contribution in [3.05, 3.63) is 0 Å². The van der Waals surface area contributed by atoms with Crippen molar-refractivity contribution in [3.63, 3.8) is 0 Å². The first-order valence-corrected chi connectivity index (χ1v) is 4.49. The predicted molar refractivity (Wildman–Crippen MR) is 48.3 cm³/mol. The van der Waals surface area contributed by atoms with Gasteiger partial charge in [-0.15, -0.1) is 6.42 Å². The molecular weight excluding hydrogens is 134 g/mol. The van der Waals surface area contributed by atoms with E-state index in [1.165, 1.54) is 25.7 Å². The normalized spacial score (nSPS) is 20.4. The topological polar surface area (TPSA) is 12.0 Å². The molecule has 1 heteroatoms. The van der Waals surface area contributed by atoms with Crippen molar-refractivity contribution in [2.45, 2.75) is 38.6 Å². The number of nitrogens with one attached hydrogen (secondary N) is 1. The second-order valence-corrected chi connectivity index (χ2v) is 3.52. The van der Waals surface area contributed by atoms with Gasteiger partial charge in [0.2, 0.25) is 0 Å². The third-order valence-electron chi connectivity index (χ3n) is 2.46. The van der Waals surface area contributed by atoms with Gasteiger partial charge in [-0.3, -0.25) is 0 Å². The molecule has 0 aromatic rings. The van der Waals surface area contributed by atoms with E-state index in [0.29, 0.717) is 12.6 Å². The van der Waals surface area contributed by atoms with Gasteiger partial charge in [-0.25, -0.2) is 0 Å². The fourth-order valence-corrected chi connectivity index (χ4v) is 1.54. The van der Waals surface area contributed by atoms with E-state index in [4.69, 9.17) is 6.42 Å². The molecule has 1 aliphatic carbocycles. The lowest BCUT2D eigenvalue weighted by atomic mass is 9.81. The summed E-state index contributed by atoms with van der Waals surface area (Å²) in [6.45, 7) is 2.93.